The summed E-state index contributed by atoms with van der Waals surface area (Å²) in [5.74, 6) is -6.80. The van der Waals surface area contributed by atoms with Crippen molar-refractivity contribution in [1.82, 2.24) is 5.32 Å². The fourth-order valence-electron chi connectivity index (χ4n) is 4.29. The van der Waals surface area contributed by atoms with Crippen molar-refractivity contribution in [2.24, 2.45) is 40.1 Å². The zero-order valence-electron chi connectivity index (χ0n) is 22.4. The summed E-state index contributed by atoms with van der Waals surface area (Å²) in [5.41, 5.74) is 10.6. The van der Waals surface area contributed by atoms with E-state index in [2.05, 4.69) is 10.3 Å². The third-order valence-electron chi connectivity index (χ3n) is 6.78. The quantitative estimate of drug-likeness (QED) is 0.212. The maximum absolute atomic E-state index is 13.0. The molecule has 0 bridgehead atoms. The van der Waals surface area contributed by atoms with Crippen LogP contribution in [0.15, 0.2) is 4.99 Å². The van der Waals surface area contributed by atoms with Crippen LogP contribution in [0.5, 0.6) is 0 Å². The number of aliphatic carboxylic acids is 1. The van der Waals surface area contributed by atoms with Crippen LogP contribution in [0.2, 0.25) is 0 Å². The predicted octanol–water partition coefficient (Wildman–Crippen LogP) is 0.724. The zero-order valence-corrected chi connectivity index (χ0v) is 22.4. The third-order valence-corrected chi connectivity index (χ3v) is 6.78. The first-order valence-corrected chi connectivity index (χ1v) is 12.9. The highest BCUT2D eigenvalue weighted by atomic mass is 16.4. The lowest BCUT2D eigenvalue weighted by Crippen LogP contribution is -2.43. The lowest BCUT2D eigenvalue weighted by Gasteiger charge is -2.21. The SMILES string of the molecule is CC1CC(=O)C(C)CC(=O)[C@H](CC(=O)O)NC(=O)CCC(=O)[C@H](CCCN=C(N)N)CC(=O)C(C)CC1=O. The number of Topliss-reactive ketones (excluding diaryl/α,β-unsaturated/α-hetero) is 5. The Morgan fingerprint density at radius 3 is 1.82 bits per heavy atom. The first-order valence-electron chi connectivity index (χ1n) is 12.9. The van der Waals surface area contributed by atoms with Crippen LogP contribution < -0.4 is 16.8 Å². The first-order chi connectivity index (χ1) is 17.7. The average molecular weight is 537 g/mol. The number of guanidine groups is 1. The molecule has 1 saturated heterocycles. The number of nitrogens with one attached hydrogen (secondary N) is 1. The number of carbonyl (C=O) groups excluding carboxylic acids is 6. The summed E-state index contributed by atoms with van der Waals surface area (Å²) in [4.78, 5) is 91.7. The Kier molecular flexibility index (Phi) is 13.5. The van der Waals surface area contributed by atoms with Gasteiger partial charge in [0.1, 0.15) is 23.1 Å². The molecule has 1 aliphatic heterocycles. The smallest absolute Gasteiger partial charge is 0.305 e. The van der Waals surface area contributed by atoms with Crippen molar-refractivity contribution >= 4 is 46.8 Å². The number of hydrogen-bond donors (Lipinski definition) is 4. The Hall–Kier alpha value is -3.44. The molecule has 0 aliphatic carbocycles. The maximum Gasteiger partial charge on any atom is 0.305 e. The molecular weight excluding hydrogens is 496 g/mol. The van der Waals surface area contributed by atoms with Gasteiger partial charge in [0.15, 0.2) is 11.7 Å². The summed E-state index contributed by atoms with van der Waals surface area (Å²) in [7, 11) is 0. The van der Waals surface area contributed by atoms with Crippen LogP contribution in [0.1, 0.15) is 78.6 Å². The van der Waals surface area contributed by atoms with E-state index in [1.807, 2.05) is 0 Å². The predicted molar refractivity (Wildman–Crippen MR) is 138 cm³/mol. The van der Waals surface area contributed by atoms with Gasteiger partial charge in [-0.15, -0.1) is 0 Å². The van der Waals surface area contributed by atoms with E-state index < -0.39 is 53.8 Å². The fourth-order valence-corrected chi connectivity index (χ4v) is 4.29. The molecule has 1 aliphatic rings. The highest BCUT2D eigenvalue weighted by Gasteiger charge is 2.31. The Labute approximate surface area is 222 Å². The van der Waals surface area contributed by atoms with Gasteiger partial charge in [0.2, 0.25) is 5.91 Å². The van der Waals surface area contributed by atoms with Crippen molar-refractivity contribution in [2.75, 3.05) is 6.54 Å². The molecule has 12 heteroatoms. The van der Waals surface area contributed by atoms with Crippen molar-refractivity contribution in [3.63, 3.8) is 0 Å². The number of amides is 1. The standard InChI is InChI=1S/C26H40N4O8/c1-14-9-21(33)16(3)11-23(35)18(13-25(37)38)30-24(36)7-6-19(31)17(5-4-8-29-26(27)28)12-22(34)15(2)10-20(14)32/h14-18H,4-13H2,1-3H3,(H,30,36)(H,37,38)(H4,27,28,29)/t14?,15?,16?,17-,18+/m1/s1. The minimum Gasteiger partial charge on any atom is -0.481 e. The van der Waals surface area contributed by atoms with Crippen LogP contribution in [0, 0.1) is 23.7 Å². The number of nitrogens with zero attached hydrogens (tertiary/aromatic N) is 1. The summed E-state index contributed by atoms with van der Waals surface area (Å²) < 4.78 is 0. The molecule has 6 N–H and O–H groups in total. The highest BCUT2D eigenvalue weighted by Crippen LogP contribution is 2.23. The van der Waals surface area contributed by atoms with Gasteiger partial charge in [-0.2, -0.15) is 0 Å². The van der Waals surface area contributed by atoms with Crippen LogP contribution in [0.25, 0.3) is 0 Å². The maximum atomic E-state index is 13.0. The molecule has 1 heterocycles. The number of aliphatic imine (C=N–C) groups is 1. The molecular formula is C26H40N4O8. The van der Waals surface area contributed by atoms with E-state index in [0.29, 0.717) is 6.42 Å². The largest absolute Gasteiger partial charge is 0.481 e. The minimum absolute atomic E-state index is 0.0847. The van der Waals surface area contributed by atoms with Crippen molar-refractivity contribution < 1.29 is 38.7 Å². The summed E-state index contributed by atoms with van der Waals surface area (Å²) in [5, 5.41) is 11.6. The average Bonchev–Trinajstić information content (AvgIpc) is 2.82. The molecule has 0 aromatic rings. The van der Waals surface area contributed by atoms with Crippen molar-refractivity contribution in [3.05, 3.63) is 0 Å². The second kappa shape index (κ2) is 15.7. The van der Waals surface area contributed by atoms with Crippen molar-refractivity contribution in [1.29, 1.82) is 0 Å². The molecule has 3 unspecified atom stereocenters. The van der Waals surface area contributed by atoms with E-state index in [1.165, 1.54) is 6.92 Å². The molecule has 5 atom stereocenters. The van der Waals surface area contributed by atoms with Crippen molar-refractivity contribution in [2.45, 2.75) is 84.6 Å². The van der Waals surface area contributed by atoms with E-state index in [4.69, 9.17) is 11.5 Å². The molecule has 0 aromatic carbocycles. The van der Waals surface area contributed by atoms with Gasteiger partial charge < -0.3 is 21.9 Å². The van der Waals surface area contributed by atoms with Crippen molar-refractivity contribution in [3.8, 4) is 0 Å². The van der Waals surface area contributed by atoms with Crippen LogP contribution in [0.3, 0.4) is 0 Å². The summed E-state index contributed by atoms with van der Waals surface area (Å²) >= 11 is 0. The second-order valence-corrected chi connectivity index (χ2v) is 10.2. The van der Waals surface area contributed by atoms with Crippen LogP contribution >= 0.6 is 0 Å². The number of nitrogens with two attached hydrogens (primary N) is 2. The molecule has 212 valence electrons. The topological polar surface area (TPSA) is 216 Å². The van der Waals surface area contributed by atoms with E-state index >= 15 is 0 Å². The second-order valence-electron chi connectivity index (χ2n) is 10.2. The van der Waals surface area contributed by atoms with E-state index in [9.17, 15) is 38.7 Å². The van der Waals surface area contributed by atoms with Gasteiger partial charge in [-0.25, -0.2) is 0 Å². The number of carboxylic acid groups (broad SMARTS) is 1. The molecule has 0 radical (unpaired) electrons. The molecule has 0 aromatic heterocycles. The first kappa shape index (κ1) is 32.6. The third kappa shape index (κ3) is 11.7. The van der Waals surface area contributed by atoms with Gasteiger partial charge in [0, 0.05) is 68.7 Å². The monoisotopic (exact) mass is 536 g/mol. The minimum atomic E-state index is -1.36. The lowest BCUT2D eigenvalue weighted by atomic mass is 9.83. The van der Waals surface area contributed by atoms with E-state index in [1.54, 1.807) is 13.8 Å². The molecule has 1 fully saturated rings. The molecule has 0 saturated carbocycles. The van der Waals surface area contributed by atoms with Gasteiger partial charge in [0.05, 0.1) is 12.5 Å². The Morgan fingerprint density at radius 1 is 0.816 bits per heavy atom. The fraction of sp³-hybridized carbons (Fsp3) is 0.692. The Balaban J connectivity index is 3.18. The van der Waals surface area contributed by atoms with Crippen LogP contribution in [0.4, 0.5) is 0 Å². The van der Waals surface area contributed by atoms with Gasteiger partial charge in [-0.05, 0) is 12.8 Å². The van der Waals surface area contributed by atoms with Gasteiger partial charge >= 0.3 is 5.97 Å². The number of rotatable bonds is 6. The number of hydrogen-bond acceptors (Lipinski definition) is 8. The summed E-state index contributed by atoms with van der Waals surface area (Å²) in [6.45, 7) is 4.93. The van der Waals surface area contributed by atoms with Gasteiger partial charge in [0.25, 0.3) is 0 Å². The Bertz CT molecular complexity index is 957. The lowest BCUT2D eigenvalue weighted by molar-refractivity contribution is -0.140. The highest BCUT2D eigenvalue weighted by molar-refractivity contribution is 5.97. The number of ketones is 5. The molecule has 0 spiro atoms. The molecule has 1 rings (SSSR count). The van der Waals surface area contributed by atoms with Gasteiger partial charge in [-0.1, -0.05) is 20.8 Å². The van der Waals surface area contributed by atoms with Crippen LogP contribution in [-0.4, -0.2) is 64.4 Å². The normalized spacial score (nSPS) is 27.3. The van der Waals surface area contributed by atoms with E-state index in [0.717, 1.165) is 0 Å². The molecule has 12 nitrogen and oxygen atoms in total. The van der Waals surface area contributed by atoms with E-state index in [-0.39, 0.29) is 80.6 Å². The Morgan fingerprint density at radius 2 is 1.32 bits per heavy atom. The molecule has 38 heavy (non-hydrogen) atoms. The number of carboxylic acids is 1. The van der Waals surface area contributed by atoms with Crippen LogP contribution in [-0.2, 0) is 33.6 Å². The molecule has 1 amide bonds. The van der Waals surface area contributed by atoms with Gasteiger partial charge in [-0.3, -0.25) is 38.6 Å². The summed E-state index contributed by atoms with van der Waals surface area (Å²) in [6, 6.07) is -1.36. The summed E-state index contributed by atoms with van der Waals surface area (Å²) in [6.07, 6.45) is -1.14. The number of carbonyl (C=O) groups is 7. The zero-order chi connectivity index (χ0) is 29.0.